The molecule has 1 saturated heterocycles. The lowest BCUT2D eigenvalue weighted by Crippen LogP contribution is -2.76. The molecule has 4 nitrogen and oxygen atoms in total. The second-order valence-corrected chi connectivity index (χ2v) is 14.2. The third-order valence-electron chi connectivity index (χ3n) is 8.95. The van der Waals surface area contributed by atoms with Gasteiger partial charge >= 0.3 is 0 Å². The molecule has 1 radical (unpaired) electrons. The van der Waals surface area contributed by atoms with Gasteiger partial charge in [-0.05, 0) is 91.3 Å². The Hall–Kier alpha value is -1.40. The zero-order valence-electron chi connectivity index (χ0n) is 20.9. The highest BCUT2D eigenvalue weighted by atomic mass is 28.3. The van der Waals surface area contributed by atoms with Crippen molar-refractivity contribution in [1.29, 1.82) is 0 Å². The van der Waals surface area contributed by atoms with Gasteiger partial charge in [-0.25, -0.2) is 4.89 Å². The standard InChI is InChI=1S/C28H37O4Si/c1-26(2,3)20-8-9-23-19(16-20)7-10-24(25(23)30-33(5)6)28(29-4)27(31-32-28)21-12-17-11-18(14-21)15-22(27)13-17/h7-10,16-18,21-22H,11-15H2,1-6H3. The molecule has 1 unspecified atom stereocenters. The molecular formula is C28H37O4Si. The van der Waals surface area contributed by atoms with E-state index in [0.29, 0.717) is 11.8 Å². The molecule has 4 saturated carbocycles. The Kier molecular flexibility index (Phi) is 4.89. The molecular weight excluding hydrogens is 428 g/mol. The van der Waals surface area contributed by atoms with Crippen LogP contribution in [0.3, 0.4) is 0 Å². The number of rotatable bonds is 4. The van der Waals surface area contributed by atoms with Crippen LogP contribution < -0.4 is 4.43 Å². The second-order valence-electron chi connectivity index (χ2n) is 12.2. The molecule has 7 rings (SSSR count). The number of ether oxygens (including phenoxy) is 1. The normalized spacial score (nSPS) is 37.2. The van der Waals surface area contributed by atoms with E-state index in [-0.39, 0.29) is 5.41 Å². The maximum atomic E-state index is 6.64. The van der Waals surface area contributed by atoms with Gasteiger partial charge in [-0.15, -0.1) is 0 Å². The van der Waals surface area contributed by atoms with Gasteiger partial charge in [0.05, 0.1) is 5.56 Å². The lowest BCUT2D eigenvalue weighted by atomic mass is 9.47. The van der Waals surface area contributed by atoms with E-state index >= 15 is 0 Å². The van der Waals surface area contributed by atoms with Crippen LogP contribution in [0, 0.1) is 23.7 Å². The van der Waals surface area contributed by atoms with E-state index in [0.717, 1.165) is 28.5 Å². The van der Waals surface area contributed by atoms with E-state index in [1.54, 1.807) is 7.11 Å². The molecule has 1 spiro atoms. The summed E-state index contributed by atoms with van der Waals surface area (Å²) in [7, 11) is 0.785. The molecule has 4 bridgehead atoms. The van der Waals surface area contributed by atoms with Crippen molar-refractivity contribution in [2.45, 2.75) is 82.8 Å². The van der Waals surface area contributed by atoms with Crippen LogP contribution >= 0.6 is 0 Å². The van der Waals surface area contributed by atoms with Crippen molar-refractivity contribution in [2.75, 3.05) is 7.11 Å². The first-order valence-electron chi connectivity index (χ1n) is 12.7. The maximum Gasteiger partial charge on any atom is 0.274 e. The molecule has 1 atom stereocenters. The molecule has 5 heteroatoms. The minimum Gasteiger partial charge on any atom is -0.542 e. The van der Waals surface area contributed by atoms with Gasteiger partial charge in [0.15, 0.2) is 5.60 Å². The topological polar surface area (TPSA) is 36.9 Å². The van der Waals surface area contributed by atoms with Crippen LogP contribution in [0.25, 0.3) is 10.8 Å². The fraction of sp³-hybridized carbons (Fsp3) is 0.643. The first-order chi connectivity index (χ1) is 15.7. The van der Waals surface area contributed by atoms with Crippen molar-refractivity contribution in [1.82, 2.24) is 0 Å². The Morgan fingerprint density at radius 1 is 0.909 bits per heavy atom. The number of hydrogen-bond acceptors (Lipinski definition) is 4. The van der Waals surface area contributed by atoms with E-state index in [9.17, 15) is 0 Å². The van der Waals surface area contributed by atoms with Crippen LogP contribution in [0.15, 0.2) is 30.3 Å². The SMILES string of the molecule is COC1(c2ccc3cc(C(C)(C)C)ccc3c2O[Si](C)C)OOC12C1CC3CC(C1)CC2C3. The van der Waals surface area contributed by atoms with Gasteiger partial charge in [0.25, 0.3) is 14.8 Å². The zero-order chi connectivity index (χ0) is 23.2. The Bertz CT molecular complexity index is 1060. The predicted molar refractivity (Wildman–Crippen MR) is 131 cm³/mol. The molecule has 33 heavy (non-hydrogen) atoms. The summed E-state index contributed by atoms with van der Waals surface area (Å²) >= 11 is 0. The van der Waals surface area contributed by atoms with E-state index in [2.05, 4.69) is 64.2 Å². The Morgan fingerprint density at radius 2 is 1.58 bits per heavy atom. The second kappa shape index (κ2) is 7.30. The highest BCUT2D eigenvalue weighted by molar-refractivity contribution is 6.49. The molecule has 0 N–H and O–H groups in total. The fourth-order valence-electron chi connectivity index (χ4n) is 7.67. The van der Waals surface area contributed by atoms with E-state index in [4.69, 9.17) is 18.9 Å². The van der Waals surface area contributed by atoms with Crippen LogP contribution in [0.2, 0.25) is 13.1 Å². The Morgan fingerprint density at radius 3 is 2.09 bits per heavy atom. The summed E-state index contributed by atoms with van der Waals surface area (Å²) in [4.78, 5) is 12.3. The third-order valence-corrected chi connectivity index (χ3v) is 9.56. The molecule has 0 aromatic heterocycles. The molecule has 4 aliphatic carbocycles. The van der Waals surface area contributed by atoms with Crippen LogP contribution in [-0.2, 0) is 25.7 Å². The average molecular weight is 466 g/mol. The minimum atomic E-state index is -1.00. The highest BCUT2D eigenvalue weighted by Gasteiger charge is 2.77. The van der Waals surface area contributed by atoms with Crippen molar-refractivity contribution in [3.8, 4) is 5.75 Å². The van der Waals surface area contributed by atoms with E-state index in [1.807, 2.05) is 0 Å². The van der Waals surface area contributed by atoms with Gasteiger partial charge in [-0.2, -0.15) is 4.89 Å². The molecule has 0 amide bonds. The Balaban J connectivity index is 1.52. The Labute approximate surface area is 199 Å². The van der Waals surface area contributed by atoms with Gasteiger partial charge in [0.2, 0.25) is 0 Å². The molecule has 1 heterocycles. The van der Waals surface area contributed by atoms with Crippen LogP contribution in [0.1, 0.15) is 64.0 Å². The summed E-state index contributed by atoms with van der Waals surface area (Å²) in [5, 5.41) is 2.34. The average Bonchev–Trinajstić information content (AvgIpc) is 2.73. The van der Waals surface area contributed by atoms with Crippen molar-refractivity contribution < 1.29 is 18.9 Å². The van der Waals surface area contributed by atoms with Gasteiger partial charge in [-0.1, -0.05) is 45.0 Å². The van der Waals surface area contributed by atoms with E-state index < -0.39 is 20.4 Å². The fourth-order valence-corrected chi connectivity index (χ4v) is 8.30. The van der Waals surface area contributed by atoms with Crippen LogP contribution in [-0.4, -0.2) is 21.8 Å². The summed E-state index contributed by atoms with van der Waals surface area (Å²) in [6.07, 6.45) is 6.34. The third kappa shape index (κ3) is 2.98. The summed E-state index contributed by atoms with van der Waals surface area (Å²) in [6, 6.07) is 11.2. The molecule has 2 aromatic rings. The first kappa shape index (κ1) is 22.1. The van der Waals surface area contributed by atoms with Gasteiger partial charge < -0.3 is 9.16 Å². The number of fused-ring (bicyclic) bond motifs is 1. The van der Waals surface area contributed by atoms with Crippen LogP contribution in [0.4, 0.5) is 0 Å². The van der Waals surface area contributed by atoms with Gasteiger partial charge in [0.1, 0.15) is 5.75 Å². The molecule has 5 fully saturated rings. The summed E-state index contributed by atoms with van der Waals surface area (Å²) in [6.45, 7) is 11.2. The summed E-state index contributed by atoms with van der Waals surface area (Å²) in [5.74, 6) is 2.69. The maximum absolute atomic E-state index is 6.64. The molecule has 1 aliphatic heterocycles. The van der Waals surface area contributed by atoms with Gasteiger partial charge in [-0.3, -0.25) is 0 Å². The number of hydrogen-bond donors (Lipinski definition) is 0. The summed E-state index contributed by atoms with van der Waals surface area (Å²) in [5.41, 5.74) is 2.03. The number of benzene rings is 2. The lowest BCUT2D eigenvalue weighted by molar-refractivity contribution is -0.645. The van der Waals surface area contributed by atoms with Crippen LogP contribution in [0.5, 0.6) is 5.75 Å². The number of methoxy groups -OCH3 is 1. The first-order valence-corrected chi connectivity index (χ1v) is 15.1. The van der Waals surface area contributed by atoms with Crippen molar-refractivity contribution >= 4 is 19.8 Å². The quantitative estimate of drug-likeness (QED) is 0.371. The smallest absolute Gasteiger partial charge is 0.274 e. The molecule has 5 aliphatic rings. The lowest BCUT2D eigenvalue weighted by Gasteiger charge is -2.68. The highest BCUT2D eigenvalue weighted by Crippen LogP contribution is 2.70. The largest absolute Gasteiger partial charge is 0.542 e. The summed E-state index contributed by atoms with van der Waals surface area (Å²) < 4.78 is 13.0. The van der Waals surface area contributed by atoms with Gasteiger partial charge in [0, 0.05) is 12.5 Å². The monoisotopic (exact) mass is 465 g/mol. The van der Waals surface area contributed by atoms with Crippen molar-refractivity contribution in [3.63, 3.8) is 0 Å². The van der Waals surface area contributed by atoms with E-state index in [1.165, 1.54) is 43.1 Å². The minimum absolute atomic E-state index is 0.0987. The molecule has 177 valence electrons. The predicted octanol–water partition coefficient (Wildman–Crippen LogP) is 6.72. The van der Waals surface area contributed by atoms with Crippen molar-refractivity contribution in [3.05, 3.63) is 41.5 Å². The molecule has 2 aromatic carbocycles. The van der Waals surface area contributed by atoms with Crippen molar-refractivity contribution in [2.24, 2.45) is 23.7 Å². The zero-order valence-corrected chi connectivity index (χ0v) is 21.9.